The summed E-state index contributed by atoms with van der Waals surface area (Å²) in [5, 5.41) is 0. The fourth-order valence-corrected chi connectivity index (χ4v) is 3.87. The fourth-order valence-electron chi connectivity index (χ4n) is 2.78. The molecular weight excluding hydrogens is 352 g/mol. The van der Waals surface area contributed by atoms with Gasteiger partial charge in [0.25, 0.3) is 0 Å². The van der Waals surface area contributed by atoms with E-state index in [2.05, 4.69) is 4.72 Å². The maximum atomic E-state index is 12.6. The average Bonchev–Trinajstić information content (AvgIpc) is 3.15. The lowest BCUT2D eigenvalue weighted by Crippen LogP contribution is -2.44. The Hall–Kier alpha value is -1.72. The van der Waals surface area contributed by atoms with Crippen molar-refractivity contribution < 1.29 is 27.0 Å². The molecule has 1 aromatic heterocycles. The van der Waals surface area contributed by atoms with Crippen LogP contribution >= 0.6 is 0 Å². The van der Waals surface area contributed by atoms with Crippen molar-refractivity contribution in [3.63, 3.8) is 0 Å². The minimum Gasteiger partial charge on any atom is -0.408 e. The van der Waals surface area contributed by atoms with E-state index in [4.69, 9.17) is 18.6 Å². The van der Waals surface area contributed by atoms with Crippen molar-refractivity contribution >= 4 is 21.1 Å². The highest BCUT2D eigenvalue weighted by molar-refractivity contribution is 7.89. The lowest BCUT2D eigenvalue weighted by Gasteiger charge is -2.27. The Morgan fingerprint density at radius 1 is 1.40 bits per heavy atom. The van der Waals surface area contributed by atoms with Gasteiger partial charge in [0.1, 0.15) is 0 Å². The molecule has 25 heavy (non-hydrogen) atoms. The first-order valence-corrected chi connectivity index (χ1v) is 9.13. The van der Waals surface area contributed by atoms with Crippen molar-refractivity contribution in [1.29, 1.82) is 0 Å². The Bertz CT molecular complexity index is 933. The Morgan fingerprint density at radius 2 is 2.16 bits per heavy atom. The van der Waals surface area contributed by atoms with Gasteiger partial charge < -0.3 is 18.6 Å². The predicted octanol–water partition coefficient (Wildman–Crippen LogP) is 0.535. The lowest BCUT2D eigenvalue weighted by atomic mass is 10.2. The van der Waals surface area contributed by atoms with Crippen LogP contribution in [0.1, 0.15) is 12.8 Å². The summed E-state index contributed by atoms with van der Waals surface area (Å²) in [6.45, 7) is -0.0615. The number of nitrogens with one attached hydrogen (secondary N) is 1. The molecular formula is C15H20N2O7S. The Labute approximate surface area is 144 Å². The number of fused-ring (bicyclic) bond motifs is 1. The molecule has 1 fully saturated rings. The van der Waals surface area contributed by atoms with Crippen LogP contribution in [0.25, 0.3) is 11.1 Å². The number of oxazole rings is 1. The monoisotopic (exact) mass is 372 g/mol. The number of sulfonamides is 1. The summed E-state index contributed by atoms with van der Waals surface area (Å²) in [5.74, 6) is -1.62. The number of nitrogens with zero attached hydrogens (tertiary/aromatic N) is 1. The zero-order chi connectivity index (χ0) is 18.2. The molecule has 2 aromatic rings. The third-order valence-corrected chi connectivity index (χ3v) is 5.75. The number of benzene rings is 1. The standard InChI is InChI=1S/C15H20N2O7S/c1-17-11-8-10(4-5-12(11)23-14(17)18)25(19,20)16-9-15(22-3)7-6-13(21-2)24-15/h4-5,8,13,16H,6-7,9H2,1-3H3. The summed E-state index contributed by atoms with van der Waals surface area (Å²) in [4.78, 5) is 11.5. The average molecular weight is 372 g/mol. The summed E-state index contributed by atoms with van der Waals surface area (Å²) in [6, 6.07) is 4.21. The molecule has 0 amide bonds. The maximum absolute atomic E-state index is 12.6. The van der Waals surface area contributed by atoms with Gasteiger partial charge in [0, 0.05) is 34.1 Å². The molecule has 2 heterocycles. The molecule has 0 aliphatic carbocycles. The predicted molar refractivity (Wildman–Crippen MR) is 87.5 cm³/mol. The summed E-state index contributed by atoms with van der Waals surface area (Å²) in [7, 11) is 0.659. The summed E-state index contributed by atoms with van der Waals surface area (Å²) in [6.07, 6.45) is 0.677. The van der Waals surface area contributed by atoms with E-state index in [-0.39, 0.29) is 11.4 Å². The van der Waals surface area contributed by atoms with Crippen molar-refractivity contribution in [3.05, 3.63) is 28.7 Å². The molecule has 0 bridgehead atoms. The van der Waals surface area contributed by atoms with Crippen LogP contribution in [0, 0.1) is 0 Å². The highest BCUT2D eigenvalue weighted by atomic mass is 32.2. The van der Waals surface area contributed by atoms with E-state index >= 15 is 0 Å². The van der Waals surface area contributed by atoms with Gasteiger partial charge in [-0.1, -0.05) is 0 Å². The fraction of sp³-hybridized carbons (Fsp3) is 0.533. The molecule has 9 nitrogen and oxygen atoms in total. The molecule has 2 unspecified atom stereocenters. The molecule has 1 aromatic carbocycles. The van der Waals surface area contributed by atoms with E-state index in [0.29, 0.717) is 23.9 Å². The van der Waals surface area contributed by atoms with Gasteiger partial charge >= 0.3 is 5.76 Å². The Balaban J connectivity index is 1.82. The molecule has 1 N–H and O–H groups in total. The SMILES string of the molecule is COC1CCC(CNS(=O)(=O)c2ccc3oc(=O)n(C)c3c2)(OC)O1. The largest absolute Gasteiger partial charge is 0.419 e. The lowest BCUT2D eigenvalue weighted by molar-refractivity contribution is -0.251. The molecule has 0 radical (unpaired) electrons. The number of aryl methyl sites for hydroxylation is 1. The van der Waals surface area contributed by atoms with Crippen molar-refractivity contribution in [1.82, 2.24) is 9.29 Å². The number of hydrogen-bond acceptors (Lipinski definition) is 7. The molecule has 138 valence electrons. The van der Waals surface area contributed by atoms with Crippen LogP contribution in [0.15, 0.2) is 32.3 Å². The second-order valence-corrected chi connectivity index (χ2v) is 7.58. The van der Waals surface area contributed by atoms with Gasteiger partial charge in [0.2, 0.25) is 10.0 Å². The van der Waals surface area contributed by atoms with E-state index in [1.165, 1.54) is 44.0 Å². The van der Waals surface area contributed by atoms with Gasteiger partial charge in [-0.3, -0.25) is 4.57 Å². The Kier molecular flexibility index (Phi) is 4.73. The Morgan fingerprint density at radius 3 is 2.80 bits per heavy atom. The first-order valence-electron chi connectivity index (χ1n) is 7.65. The van der Waals surface area contributed by atoms with E-state index in [9.17, 15) is 13.2 Å². The van der Waals surface area contributed by atoms with Crippen molar-refractivity contribution in [2.24, 2.45) is 7.05 Å². The van der Waals surface area contributed by atoms with Crippen LogP contribution in [-0.4, -0.2) is 45.8 Å². The van der Waals surface area contributed by atoms with Crippen LogP contribution in [-0.2, 0) is 31.3 Å². The molecule has 3 rings (SSSR count). The molecule has 0 spiro atoms. The second-order valence-electron chi connectivity index (χ2n) is 5.82. The third-order valence-electron chi connectivity index (χ3n) is 4.35. The van der Waals surface area contributed by atoms with Crippen LogP contribution in [0.2, 0.25) is 0 Å². The minimum atomic E-state index is -3.83. The molecule has 0 saturated carbocycles. The number of hydrogen-bond donors (Lipinski definition) is 1. The number of ether oxygens (including phenoxy) is 3. The van der Waals surface area contributed by atoms with Gasteiger partial charge in [-0.15, -0.1) is 0 Å². The van der Waals surface area contributed by atoms with Gasteiger partial charge in [-0.2, -0.15) is 0 Å². The van der Waals surface area contributed by atoms with E-state index in [1.54, 1.807) is 0 Å². The van der Waals surface area contributed by atoms with E-state index in [0.717, 1.165) is 0 Å². The van der Waals surface area contributed by atoms with Crippen molar-refractivity contribution in [2.45, 2.75) is 29.8 Å². The molecule has 10 heteroatoms. The minimum absolute atomic E-state index is 0.0175. The van der Waals surface area contributed by atoms with Crippen LogP contribution in [0.3, 0.4) is 0 Å². The maximum Gasteiger partial charge on any atom is 0.419 e. The van der Waals surface area contributed by atoms with E-state index < -0.39 is 27.9 Å². The molecule has 1 aliphatic heterocycles. The zero-order valence-electron chi connectivity index (χ0n) is 14.1. The van der Waals surface area contributed by atoms with Gasteiger partial charge in [-0.05, 0) is 18.2 Å². The van der Waals surface area contributed by atoms with Crippen LogP contribution in [0.5, 0.6) is 0 Å². The van der Waals surface area contributed by atoms with Gasteiger partial charge in [-0.25, -0.2) is 17.9 Å². The van der Waals surface area contributed by atoms with Gasteiger partial charge in [0.15, 0.2) is 17.7 Å². The van der Waals surface area contributed by atoms with Gasteiger partial charge in [0.05, 0.1) is 17.0 Å². The highest BCUT2D eigenvalue weighted by Crippen LogP contribution is 2.31. The second kappa shape index (κ2) is 6.54. The molecule has 1 aliphatic rings. The third kappa shape index (κ3) is 3.35. The quantitative estimate of drug-likeness (QED) is 0.788. The summed E-state index contributed by atoms with van der Waals surface area (Å²) >= 11 is 0. The van der Waals surface area contributed by atoms with Crippen molar-refractivity contribution in [3.8, 4) is 0 Å². The zero-order valence-corrected chi connectivity index (χ0v) is 15.0. The highest BCUT2D eigenvalue weighted by Gasteiger charge is 2.41. The van der Waals surface area contributed by atoms with Crippen LogP contribution in [0.4, 0.5) is 0 Å². The number of aromatic nitrogens is 1. The number of methoxy groups -OCH3 is 2. The summed E-state index contributed by atoms with van der Waals surface area (Å²) in [5.41, 5.74) is 0.716. The normalized spacial score (nSPS) is 24.2. The first-order chi connectivity index (χ1) is 11.8. The number of rotatable bonds is 6. The topological polar surface area (TPSA) is 109 Å². The smallest absolute Gasteiger partial charge is 0.408 e. The molecule has 1 saturated heterocycles. The molecule has 2 atom stereocenters. The van der Waals surface area contributed by atoms with E-state index in [1.807, 2.05) is 0 Å². The van der Waals surface area contributed by atoms with Crippen LogP contribution < -0.4 is 10.5 Å². The van der Waals surface area contributed by atoms with Crippen molar-refractivity contribution in [2.75, 3.05) is 20.8 Å². The first kappa shape index (κ1) is 18.1. The summed E-state index contributed by atoms with van der Waals surface area (Å²) < 4.78 is 50.0.